The smallest absolute Gasteiger partial charge is 0.338 e. The molecule has 5 aromatic rings. The van der Waals surface area contributed by atoms with Gasteiger partial charge in [-0.3, -0.25) is 0 Å². The first-order valence-corrected chi connectivity index (χ1v) is 30.9. The van der Waals surface area contributed by atoms with Crippen LogP contribution in [0.3, 0.4) is 0 Å². The highest BCUT2D eigenvalue weighted by Crippen LogP contribution is 2.44. The lowest BCUT2D eigenvalue weighted by atomic mass is 9.78. The third-order valence-electron chi connectivity index (χ3n) is 17.4. The molecule has 14 nitrogen and oxygen atoms in total. The number of carbonyl (C=O) groups is 2. The van der Waals surface area contributed by atoms with E-state index in [4.69, 9.17) is 56.8 Å². The van der Waals surface area contributed by atoms with E-state index in [1.807, 2.05) is 119 Å². The minimum Gasteiger partial charge on any atom is -0.455 e. The minimum atomic E-state index is -1.11. The van der Waals surface area contributed by atoms with Gasteiger partial charge < -0.3 is 56.8 Å². The van der Waals surface area contributed by atoms with Crippen LogP contribution in [-0.2, 0) is 76.7 Å². The second-order valence-electron chi connectivity index (χ2n) is 23.1. The van der Waals surface area contributed by atoms with Crippen molar-refractivity contribution >= 4 is 23.7 Å². The molecule has 0 spiro atoms. The summed E-state index contributed by atoms with van der Waals surface area (Å²) in [6.07, 6.45) is -7.92. The zero-order valence-corrected chi connectivity index (χ0v) is 50.4. The molecule has 4 aliphatic rings. The van der Waals surface area contributed by atoms with Crippen molar-refractivity contribution in [3.8, 4) is 0 Å². The maximum Gasteiger partial charge on any atom is 0.338 e. The topological polar surface area (TPSA) is 145 Å². The molecule has 5 aromatic carbocycles. The number of rotatable bonds is 24. The Morgan fingerprint density at radius 2 is 0.771 bits per heavy atom. The fourth-order valence-electron chi connectivity index (χ4n) is 11.8. The molecule has 9 rings (SSSR count). The molecule has 15 heteroatoms. The monoisotopic (exact) mass is 1160 g/mol. The number of hydrogen-bond donors (Lipinski definition) is 0. The minimum absolute atomic E-state index is 0.0802. The van der Waals surface area contributed by atoms with E-state index in [-0.39, 0.29) is 48.9 Å². The van der Waals surface area contributed by atoms with Crippen molar-refractivity contribution in [2.75, 3.05) is 25.6 Å². The summed E-state index contributed by atoms with van der Waals surface area (Å²) in [5, 5.41) is 0. The second kappa shape index (κ2) is 30.4. The summed E-state index contributed by atoms with van der Waals surface area (Å²) < 4.78 is 81.4. The predicted molar refractivity (Wildman–Crippen MR) is 317 cm³/mol. The van der Waals surface area contributed by atoms with Gasteiger partial charge in [0.2, 0.25) is 0 Å². The summed E-state index contributed by atoms with van der Waals surface area (Å²) in [7, 11) is 0. The van der Waals surface area contributed by atoms with Crippen LogP contribution in [-0.4, -0.2) is 117 Å². The van der Waals surface area contributed by atoms with Gasteiger partial charge in [0.1, 0.15) is 23.7 Å². The molecule has 0 saturated carbocycles. The number of ether oxygens (including phenoxy) is 12. The quantitative estimate of drug-likeness (QED) is 0.0540. The molecule has 0 aliphatic carbocycles. The molecule has 4 aliphatic heterocycles. The van der Waals surface area contributed by atoms with Crippen LogP contribution in [0.15, 0.2) is 152 Å². The molecule has 0 N–H and O–H groups in total. The lowest BCUT2D eigenvalue weighted by Gasteiger charge is -2.51. The Kier molecular flexibility index (Phi) is 22.9. The molecule has 0 radical (unpaired) electrons. The molecule has 0 aromatic heterocycles. The van der Waals surface area contributed by atoms with Crippen LogP contribution in [0.5, 0.6) is 0 Å². The lowest BCUT2D eigenvalue weighted by Crippen LogP contribution is -2.62. The Bertz CT molecular complexity index is 2710. The Hall–Kier alpha value is -5.01. The largest absolute Gasteiger partial charge is 0.455 e. The predicted octanol–water partition coefficient (Wildman–Crippen LogP) is 12.4. The second-order valence-corrected chi connectivity index (χ2v) is 24.5. The van der Waals surface area contributed by atoms with Crippen molar-refractivity contribution in [2.24, 2.45) is 41.4 Å². The highest BCUT2D eigenvalue weighted by atomic mass is 32.2. The number of benzene rings is 5. The Labute approximate surface area is 495 Å². The van der Waals surface area contributed by atoms with Gasteiger partial charge in [-0.1, -0.05) is 183 Å². The van der Waals surface area contributed by atoms with Crippen molar-refractivity contribution in [1.82, 2.24) is 0 Å². The van der Waals surface area contributed by atoms with Gasteiger partial charge in [-0.15, -0.1) is 11.8 Å². The van der Waals surface area contributed by atoms with E-state index in [1.165, 1.54) is 0 Å². The van der Waals surface area contributed by atoms with Gasteiger partial charge in [-0.25, -0.2) is 9.59 Å². The van der Waals surface area contributed by atoms with Gasteiger partial charge in [0.15, 0.2) is 25.0 Å². The summed E-state index contributed by atoms with van der Waals surface area (Å²) in [5.41, 5.74) is 3.42. The maximum absolute atomic E-state index is 14.3. The van der Waals surface area contributed by atoms with Crippen LogP contribution in [0.25, 0.3) is 0 Å². The zero-order chi connectivity index (χ0) is 58.4. The first-order chi connectivity index (χ1) is 40.3. The van der Waals surface area contributed by atoms with Crippen molar-refractivity contribution in [3.05, 3.63) is 179 Å². The van der Waals surface area contributed by atoms with Gasteiger partial charge in [0, 0.05) is 23.7 Å². The molecular weight excluding hydrogens is 1070 g/mol. The molecule has 448 valence electrons. The maximum atomic E-state index is 14.3. The molecule has 20 atom stereocenters. The van der Waals surface area contributed by atoms with Crippen molar-refractivity contribution < 1.29 is 66.4 Å². The Morgan fingerprint density at radius 3 is 1.27 bits per heavy atom. The van der Waals surface area contributed by atoms with Crippen LogP contribution in [0, 0.1) is 41.4 Å². The molecule has 83 heavy (non-hydrogen) atoms. The van der Waals surface area contributed by atoms with Gasteiger partial charge >= 0.3 is 11.9 Å². The Morgan fingerprint density at radius 1 is 0.386 bits per heavy atom. The average Bonchev–Trinajstić information content (AvgIpc) is 3.33. The van der Waals surface area contributed by atoms with Crippen LogP contribution in [0.1, 0.15) is 99.7 Å². The summed E-state index contributed by atoms with van der Waals surface area (Å²) in [4.78, 5) is 28.1. The van der Waals surface area contributed by atoms with Crippen molar-refractivity contribution in [1.29, 1.82) is 0 Å². The highest BCUT2D eigenvalue weighted by Gasteiger charge is 2.54. The third kappa shape index (κ3) is 16.1. The van der Waals surface area contributed by atoms with Crippen LogP contribution in [0.4, 0.5) is 0 Å². The fraction of sp³-hybridized carbons (Fsp3) is 0.529. The van der Waals surface area contributed by atoms with Crippen LogP contribution >= 0.6 is 11.8 Å². The summed E-state index contributed by atoms with van der Waals surface area (Å²) >= 11 is 1.55. The van der Waals surface area contributed by atoms with E-state index in [1.54, 1.807) is 60.3 Å². The number of thioether (sulfide) groups is 1. The van der Waals surface area contributed by atoms with E-state index in [0.717, 1.165) is 16.7 Å². The molecular formula is C68H86O14S. The normalized spacial score (nSPS) is 33.7. The molecule has 4 saturated heterocycles. The molecule has 8 unspecified atom stereocenters. The SMILES string of the molecule is CCS[C@@H]1OC(COCc2ccccc2)[C@@H](O[C@@H]2OC(C)[C@@H](O[C@H]3OC(COCc4ccccc4)[C@H](O[C@H]4OC(COCc5ccccc5)[C@@H](C)[C@H](C)C4C)[C@H](C)C3C)[C@H](C)C2OC(=O)c2ccccc2)[C@H](C)C1OC(=O)c1ccccc1. The summed E-state index contributed by atoms with van der Waals surface area (Å²) in [6, 6.07) is 48.0. The van der Waals surface area contributed by atoms with Crippen molar-refractivity contribution in [3.63, 3.8) is 0 Å². The van der Waals surface area contributed by atoms with Gasteiger partial charge in [0.05, 0.1) is 81.3 Å². The summed E-state index contributed by atoms with van der Waals surface area (Å²) in [6.45, 7) is 21.0. The summed E-state index contributed by atoms with van der Waals surface area (Å²) in [5.74, 6) is -0.938. The average molecular weight is 1160 g/mol. The third-order valence-corrected chi connectivity index (χ3v) is 18.5. The standard InChI is InChI=1S/C68H86O14S/c1-10-83-68-62(79-64(70)54-34-24-15-25-35-54)48(8)60(57(77-68)41-73-38-52-30-20-13-21-31-52)82-67-61(78-63(69)53-32-22-14-23-33-53)47(7)58(49(9)74-67)80-66-46(6)44(4)59(56(76-66)40-72-37-51-28-18-12-19-29-51)81-65-45(5)42(2)43(3)55(75-65)39-71-36-50-26-16-11-17-27-50/h11-35,42-49,55-62,65-68H,10,36-41H2,1-9H3/t42-,43-,44+,45?,46?,47-,48-,49?,55?,56?,57?,58-,59+,60-,61?,62?,65+,66+,67-,68-/m0/s1. The highest BCUT2D eigenvalue weighted by molar-refractivity contribution is 7.99. The Balaban J connectivity index is 0.960. The number of hydrogen-bond acceptors (Lipinski definition) is 15. The van der Waals surface area contributed by atoms with E-state index in [0.29, 0.717) is 43.3 Å². The van der Waals surface area contributed by atoms with Gasteiger partial charge in [-0.2, -0.15) is 0 Å². The van der Waals surface area contributed by atoms with Crippen molar-refractivity contribution in [2.45, 2.75) is 161 Å². The molecule has 4 fully saturated rings. The van der Waals surface area contributed by atoms with Gasteiger partial charge in [0.25, 0.3) is 0 Å². The number of esters is 2. The zero-order valence-electron chi connectivity index (χ0n) is 49.6. The van der Waals surface area contributed by atoms with E-state index >= 15 is 0 Å². The molecule has 4 heterocycles. The fourth-order valence-corrected chi connectivity index (χ4v) is 12.9. The van der Waals surface area contributed by atoms with Gasteiger partial charge in [-0.05, 0) is 71.4 Å². The van der Waals surface area contributed by atoms with E-state index in [2.05, 4.69) is 46.8 Å². The number of carbonyl (C=O) groups excluding carboxylic acids is 2. The first kappa shape index (κ1) is 62.5. The van der Waals surface area contributed by atoms with Crippen LogP contribution in [0.2, 0.25) is 0 Å². The van der Waals surface area contributed by atoms with E-state index in [9.17, 15) is 9.59 Å². The molecule has 0 bridgehead atoms. The molecule has 0 amide bonds. The first-order valence-electron chi connectivity index (χ1n) is 29.8. The van der Waals surface area contributed by atoms with Crippen LogP contribution < -0.4 is 0 Å². The van der Waals surface area contributed by atoms with E-state index < -0.39 is 96.9 Å². The lowest BCUT2D eigenvalue weighted by molar-refractivity contribution is -0.361.